The topological polar surface area (TPSA) is 114 Å². The Balaban J connectivity index is 1.64. The number of carboxylic acid groups (broad SMARTS) is 1. The van der Waals surface area contributed by atoms with Crippen LogP contribution in [-0.2, 0) is 27.6 Å². The number of benzene rings is 2. The molecule has 8 heteroatoms. The summed E-state index contributed by atoms with van der Waals surface area (Å²) in [6, 6.07) is 12.0. The average molecular weight is 359 g/mol. The van der Waals surface area contributed by atoms with Crippen molar-refractivity contribution in [1.82, 2.24) is 5.32 Å². The number of aliphatic hydroxyl groups is 1. The number of hydrogen-bond acceptors (Lipinski definition) is 6. The number of amides is 1. The molecule has 1 aliphatic rings. The molecule has 2 aromatic carbocycles. The molecule has 0 aliphatic carbocycles. The number of aliphatic hydroxyl groups excluding tert-OH is 1. The van der Waals surface area contributed by atoms with E-state index in [1.54, 1.807) is 36.4 Å². The molecule has 2 atom stereocenters. The third-order valence-corrected chi connectivity index (χ3v) is 3.86. The minimum atomic E-state index is -1.58. The Bertz CT molecular complexity index is 793. The summed E-state index contributed by atoms with van der Waals surface area (Å²) in [7, 11) is 0. The molecular weight excluding hydrogens is 342 g/mol. The number of aliphatic carboxylic acids is 1. The van der Waals surface area contributed by atoms with Crippen molar-refractivity contribution in [2.75, 3.05) is 0 Å². The van der Waals surface area contributed by atoms with Crippen LogP contribution in [0, 0.1) is 0 Å². The Hall–Kier alpha value is -3.10. The largest absolute Gasteiger partial charge is 0.480 e. The maximum atomic E-state index is 11.9. The van der Waals surface area contributed by atoms with Gasteiger partial charge in [0.2, 0.25) is 0 Å². The van der Waals surface area contributed by atoms with E-state index >= 15 is 0 Å². The van der Waals surface area contributed by atoms with Gasteiger partial charge >= 0.3 is 12.1 Å². The molecule has 0 fully saturated rings. The number of fused-ring (bicyclic) bond motifs is 1. The number of alkyl carbamates (subject to hydrolysis) is 1. The van der Waals surface area contributed by atoms with Crippen molar-refractivity contribution in [3.63, 3.8) is 0 Å². The van der Waals surface area contributed by atoms with Crippen LogP contribution in [-0.4, -0.2) is 28.3 Å². The van der Waals surface area contributed by atoms with Gasteiger partial charge in [-0.3, -0.25) is 0 Å². The lowest BCUT2D eigenvalue weighted by Crippen LogP contribution is -2.45. The third-order valence-electron chi connectivity index (χ3n) is 3.86. The van der Waals surface area contributed by atoms with E-state index in [1.165, 1.54) is 6.07 Å². The van der Waals surface area contributed by atoms with Crippen LogP contribution in [0.1, 0.15) is 22.8 Å². The van der Waals surface area contributed by atoms with Crippen molar-refractivity contribution in [1.29, 1.82) is 0 Å². The Labute approximate surface area is 148 Å². The number of carbonyl (C=O) groups excluding carboxylic acids is 1. The van der Waals surface area contributed by atoms with Crippen molar-refractivity contribution in [3.8, 4) is 5.75 Å². The third kappa shape index (κ3) is 4.11. The summed E-state index contributed by atoms with van der Waals surface area (Å²) in [5.74, 6) is -0.996. The van der Waals surface area contributed by atoms with Gasteiger partial charge in [-0.1, -0.05) is 42.5 Å². The molecule has 0 saturated carbocycles. The number of ether oxygens (including phenoxy) is 1. The van der Waals surface area contributed by atoms with Crippen LogP contribution >= 0.6 is 0 Å². The van der Waals surface area contributed by atoms with E-state index in [-0.39, 0.29) is 18.8 Å². The summed E-state index contributed by atoms with van der Waals surface area (Å²) in [5.41, 5.74) is 1.80. The fraction of sp³-hybridized carbons (Fsp3) is 0.222. The lowest BCUT2D eigenvalue weighted by atomic mass is 10.0. The molecule has 0 bridgehead atoms. The second-order valence-electron chi connectivity index (χ2n) is 5.68. The molecule has 136 valence electrons. The first kappa shape index (κ1) is 17.7. The van der Waals surface area contributed by atoms with Gasteiger partial charge in [0, 0.05) is 5.56 Å². The van der Waals surface area contributed by atoms with Crippen molar-refractivity contribution < 1.29 is 34.3 Å². The summed E-state index contributed by atoms with van der Waals surface area (Å²) >= 11 is 0. The molecule has 0 spiro atoms. The minimum absolute atomic E-state index is 0.0148. The smallest absolute Gasteiger partial charge is 0.408 e. The monoisotopic (exact) mass is 359 g/mol. The molecule has 2 aromatic rings. The lowest BCUT2D eigenvalue weighted by Gasteiger charge is -2.20. The highest BCUT2D eigenvalue weighted by Crippen LogP contribution is 2.30. The summed E-state index contributed by atoms with van der Waals surface area (Å²) < 4.78 is 5.00. The molecule has 0 aromatic heterocycles. The molecule has 0 saturated heterocycles. The number of carboxylic acids is 1. The van der Waals surface area contributed by atoms with E-state index in [0.29, 0.717) is 5.75 Å². The Morgan fingerprint density at radius 1 is 1.19 bits per heavy atom. The zero-order valence-corrected chi connectivity index (χ0v) is 13.6. The first-order chi connectivity index (χ1) is 12.5. The maximum absolute atomic E-state index is 11.9. The van der Waals surface area contributed by atoms with Crippen LogP contribution in [0.3, 0.4) is 0 Å². The highest BCUT2D eigenvalue weighted by atomic mass is 17.2. The SMILES string of the molecule is O=C(NC(C(=O)O)C(O)c1ccc2c(c1)OOC2)OCc1ccccc1. The van der Waals surface area contributed by atoms with E-state index in [9.17, 15) is 19.8 Å². The highest BCUT2D eigenvalue weighted by molar-refractivity contribution is 5.80. The zero-order valence-electron chi connectivity index (χ0n) is 13.6. The fourth-order valence-electron chi connectivity index (χ4n) is 2.47. The number of nitrogens with one attached hydrogen (secondary N) is 1. The van der Waals surface area contributed by atoms with Gasteiger partial charge in [0.1, 0.15) is 19.3 Å². The maximum Gasteiger partial charge on any atom is 0.408 e. The first-order valence-electron chi connectivity index (χ1n) is 7.85. The van der Waals surface area contributed by atoms with Crippen molar-refractivity contribution in [2.24, 2.45) is 0 Å². The van der Waals surface area contributed by atoms with Crippen molar-refractivity contribution in [3.05, 3.63) is 65.2 Å². The van der Waals surface area contributed by atoms with Crippen LogP contribution in [0.2, 0.25) is 0 Å². The number of carbonyl (C=O) groups is 2. The molecule has 8 nitrogen and oxygen atoms in total. The van der Waals surface area contributed by atoms with Crippen LogP contribution in [0.25, 0.3) is 0 Å². The van der Waals surface area contributed by atoms with Gasteiger partial charge in [-0.05, 0) is 17.2 Å². The van der Waals surface area contributed by atoms with E-state index in [4.69, 9.17) is 14.5 Å². The molecule has 3 rings (SSSR count). The summed E-state index contributed by atoms with van der Waals surface area (Å²) in [6.45, 7) is 0.261. The van der Waals surface area contributed by atoms with Gasteiger partial charge < -0.3 is 25.2 Å². The summed E-state index contributed by atoms with van der Waals surface area (Å²) in [4.78, 5) is 33.1. The summed E-state index contributed by atoms with van der Waals surface area (Å²) in [5, 5.41) is 21.9. The molecule has 26 heavy (non-hydrogen) atoms. The predicted molar refractivity (Wildman–Crippen MR) is 88.0 cm³/mol. The normalized spacial score (nSPS) is 14.7. The van der Waals surface area contributed by atoms with Gasteiger partial charge in [0.05, 0.1) is 0 Å². The first-order valence-corrected chi connectivity index (χ1v) is 7.85. The second kappa shape index (κ2) is 7.85. The van der Waals surface area contributed by atoms with Gasteiger partial charge in [-0.25, -0.2) is 9.59 Å². The molecular formula is C18H17NO7. The Morgan fingerprint density at radius 3 is 2.69 bits per heavy atom. The zero-order chi connectivity index (χ0) is 18.5. The standard InChI is InChI=1S/C18H17NO7/c20-16(12-6-7-13-10-25-26-14(13)8-12)15(17(21)22)19-18(23)24-9-11-4-2-1-3-5-11/h1-8,15-16,20H,9-10H2,(H,19,23)(H,21,22). The second-order valence-corrected chi connectivity index (χ2v) is 5.68. The van der Waals surface area contributed by atoms with Crippen molar-refractivity contribution >= 4 is 12.1 Å². The number of hydrogen-bond donors (Lipinski definition) is 3. The Morgan fingerprint density at radius 2 is 1.96 bits per heavy atom. The van der Waals surface area contributed by atoms with Gasteiger partial charge in [0.15, 0.2) is 11.8 Å². The van der Waals surface area contributed by atoms with Crippen LogP contribution < -0.4 is 10.2 Å². The van der Waals surface area contributed by atoms with Crippen LogP contribution in [0.5, 0.6) is 5.75 Å². The molecule has 0 radical (unpaired) electrons. The molecule has 1 heterocycles. The molecule has 1 aliphatic heterocycles. The minimum Gasteiger partial charge on any atom is -0.480 e. The summed E-state index contributed by atoms with van der Waals surface area (Å²) in [6.07, 6.45) is -2.44. The quantitative estimate of drug-likeness (QED) is 0.675. The van der Waals surface area contributed by atoms with E-state index < -0.39 is 24.2 Å². The fourth-order valence-corrected chi connectivity index (χ4v) is 2.47. The van der Waals surface area contributed by atoms with E-state index in [0.717, 1.165) is 11.1 Å². The highest BCUT2D eigenvalue weighted by Gasteiger charge is 2.31. The molecule has 3 N–H and O–H groups in total. The van der Waals surface area contributed by atoms with Gasteiger partial charge in [0.25, 0.3) is 0 Å². The predicted octanol–water partition coefficient (Wildman–Crippen LogP) is 1.92. The van der Waals surface area contributed by atoms with Gasteiger partial charge in [-0.15, -0.1) is 0 Å². The molecule has 2 unspecified atom stereocenters. The lowest BCUT2D eigenvalue weighted by molar-refractivity contribution is -0.194. The van der Waals surface area contributed by atoms with Crippen LogP contribution in [0.15, 0.2) is 48.5 Å². The number of rotatable bonds is 6. The average Bonchev–Trinajstić information content (AvgIpc) is 3.12. The van der Waals surface area contributed by atoms with E-state index in [1.807, 2.05) is 6.07 Å². The Kier molecular flexibility index (Phi) is 5.35. The van der Waals surface area contributed by atoms with Gasteiger partial charge in [-0.2, -0.15) is 4.89 Å². The van der Waals surface area contributed by atoms with Crippen LogP contribution in [0.4, 0.5) is 4.79 Å². The van der Waals surface area contributed by atoms with Crippen molar-refractivity contribution in [2.45, 2.75) is 25.4 Å². The van der Waals surface area contributed by atoms with E-state index in [2.05, 4.69) is 5.32 Å². The molecule has 1 amide bonds.